The van der Waals surface area contributed by atoms with Crippen molar-refractivity contribution < 1.29 is 9.90 Å². The number of nitrogens with zero attached hydrogens (tertiary/aromatic N) is 2. The van der Waals surface area contributed by atoms with Crippen LogP contribution in [-0.2, 0) is 12.8 Å². The first-order chi connectivity index (χ1) is 14.4. The van der Waals surface area contributed by atoms with Crippen LogP contribution in [0.15, 0.2) is 48.5 Å². The van der Waals surface area contributed by atoms with E-state index in [-0.39, 0.29) is 0 Å². The molecule has 0 radical (unpaired) electrons. The molecule has 3 aromatic carbocycles. The molecular formula is C26H24N2O2. The Morgan fingerprint density at radius 2 is 1.90 bits per heavy atom. The molecule has 0 amide bonds. The van der Waals surface area contributed by atoms with Crippen LogP contribution in [0.25, 0.3) is 11.1 Å². The maximum atomic E-state index is 12.4. The molecule has 4 rings (SSSR count). The monoisotopic (exact) mass is 396 g/mol. The molecule has 30 heavy (non-hydrogen) atoms. The predicted octanol–water partition coefficient (Wildman–Crippen LogP) is 5.80. The van der Waals surface area contributed by atoms with Gasteiger partial charge < -0.3 is 10.0 Å². The first-order valence-electron chi connectivity index (χ1n) is 10.1. The number of carbonyl (C=O) groups is 1. The average Bonchev–Trinajstić information content (AvgIpc) is 2.72. The second-order valence-electron chi connectivity index (χ2n) is 7.88. The molecule has 3 aromatic rings. The van der Waals surface area contributed by atoms with Gasteiger partial charge in [0, 0.05) is 31.3 Å². The molecule has 150 valence electrons. The van der Waals surface area contributed by atoms with Crippen LogP contribution in [0.3, 0.4) is 0 Å². The van der Waals surface area contributed by atoms with Crippen LogP contribution in [0.5, 0.6) is 0 Å². The van der Waals surface area contributed by atoms with Crippen LogP contribution >= 0.6 is 0 Å². The fraction of sp³-hybridized carbons (Fsp3) is 0.231. The number of carboxylic acids is 1. The highest BCUT2D eigenvalue weighted by atomic mass is 16.4. The van der Waals surface area contributed by atoms with Gasteiger partial charge in [-0.15, -0.1) is 0 Å². The molecule has 1 heterocycles. The quantitative estimate of drug-likeness (QED) is 0.605. The zero-order valence-electron chi connectivity index (χ0n) is 17.5. The van der Waals surface area contributed by atoms with Gasteiger partial charge in [-0.25, -0.2) is 4.79 Å². The van der Waals surface area contributed by atoms with Crippen molar-refractivity contribution in [2.24, 2.45) is 0 Å². The summed E-state index contributed by atoms with van der Waals surface area (Å²) in [5.41, 5.74) is 9.27. The average molecular weight is 396 g/mol. The van der Waals surface area contributed by atoms with E-state index in [0.29, 0.717) is 24.8 Å². The van der Waals surface area contributed by atoms with Crippen molar-refractivity contribution in [1.29, 1.82) is 5.26 Å². The molecule has 0 spiro atoms. The van der Waals surface area contributed by atoms with Gasteiger partial charge in [0.2, 0.25) is 0 Å². The van der Waals surface area contributed by atoms with Crippen LogP contribution in [0.4, 0.5) is 11.4 Å². The fourth-order valence-electron chi connectivity index (χ4n) is 4.73. The minimum Gasteiger partial charge on any atom is -0.478 e. The Labute approximate surface area is 177 Å². The molecule has 0 fully saturated rings. The van der Waals surface area contributed by atoms with Gasteiger partial charge in [0.1, 0.15) is 0 Å². The Hall–Kier alpha value is -3.58. The van der Waals surface area contributed by atoms with E-state index in [1.54, 1.807) is 0 Å². The van der Waals surface area contributed by atoms with E-state index >= 15 is 0 Å². The Kier molecular flexibility index (Phi) is 5.05. The zero-order chi connectivity index (χ0) is 21.4. The molecule has 0 saturated heterocycles. The summed E-state index contributed by atoms with van der Waals surface area (Å²) in [5, 5.41) is 19.5. The fourth-order valence-corrected chi connectivity index (χ4v) is 4.73. The minimum absolute atomic E-state index is 0.377. The predicted molar refractivity (Wildman–Crippen MR) is 120 cm³/mol. The third-order valence-electron chi connectivity index (χ3n) is 5.99. The van der Waals surface area contributed by atoms with Gasteiger partial charge in [-0.05, 0) is 65.3 Å². The molecule has 0 aliphatic carbocycles. The van der Waals surface area contributed by atoms with E-state index in [4.69, 9.17) is 0 Å². The van der Waals surface area contributed by atoms with Crippen LogP contribution < -0.4 is 4.90 Å². The van der Waals surface area contributed by atoms with Crippen molar-refractivity contribution >= 4 is 17.3 Å². The van der Waals surface area contributed by atoms with Crippen LogP contribution in [0.2, 0.25) is 0 Å². The second kappa shape index (κ2) is 7.68. The molecule has 1 N–H and O–H groups in total. The molecule has 1 aliphatic rings. The number of fused-ring (bicyclic) bond motifs is 2. The number of aryl methyl sites for hydroxylation is 1. The summed E-state index contributed by atoms with van der Waals surface area (Å²) in [5.74, 6) is -0.906. The van der Waals surface area contributed by atoms with Crippen molar-refractivity contribution in [3.8, 4) is 17.2 Å². The Morgan fingerprint density at radius 1 is 1.17 bits per heavy atom. The summed E-state index contributed by atoms with van der Waals surface area (Å²) in [7, 11) is 2.00. The molecule has 0 unspecified atom stereocenters. The maximum absolute atomic E-state index is 12.4. The van der Waals surface area contributed by atoms with Gasteiger partial charge >= 0.3 is 5.97 Å². The molecule has 4 heteroatoms. The molecule has 4 nitrogen and oxygen atoms in total. The summed E-state index contributed by atoms with van der Waals surface area (Å²) in [6.45, 7) is 3.96. The summed E-state index contributed by atoms with van der Waals surface area (Å²) >= 11 is 0. The lowest BCUT2D eigenvalue weighted by Crippen LogP contribution is -2.24. The van der Waals surface area contributed by atoms with Gasteiger partial charge in [0.25, 0.3) is 0 Å². The number of anilines is 2. The first-order valence-corrected chi connectivity index (χ1v) is 10.1. The zero-order valence-corrected chi connectivity index (χ0v) is 17.5. The first kappa shape index (κ1) is 19.7. The van der Waals surface area contributed by atoms with Crippen molar-refractivity contribution in [2.75, 3.05) is 11.9 Å². The van der Waals surface area contributed by atoms with E-state index in [0.717, 1.165) is 50.3 Å². The Bertz CT molecular complexity index is 1190. The smallest absolute Gasteiger partial charge is 0.336 e. The normalized spacial score (nSPS) is 12.1. The maximum Gasteiger partial charge on any atom is 0.336 e. The molecular weight excluding hydrogens is 372 g/mol. The van der Waals surface area contributed by atoms with E-state index in [1.165, 1.54) is 0 Å². The summed E-state index contributed by atoms with van der Waals surface area (Å²) < 4.78 is 0. The molecule has 0 atom stereocenters. The standard InChI is InChI=1S/C26H24N2O2/c1-16-11-12-19-15-21-24(26(29)30)17(2)23(18-8-5-4-6-9-18)20(10-7-13-27)25(21)28(3)22(19)14-16/h4-6,8-9,11-12,14H,7,10,15H2,1-3H3,(H,29,30). The lowest BCUT2D eigenvalue weighted by molar-refractivity contribution is 0.0695. The molecule has 0 bridgehead atoms. The highest BCUT2D eigenvalue weighted by Crippen LogP contribution is 2.47. The lowest BCUT2D eigenvalue weighted by Gasteiger charge is -2.35. The molecule has 0 aromatic heterocycles. The number of carboxylic acid groups (broad SMARTS) is 1. The van der Waals surface area contributed by atoms with Crippen LogP contribution in [0, 0.1) is 25.2 Å². The second-order valence-corrected chi connectivity index (χ2v) is 7.88. The number of nitriles is 1. The van der Waals surface area contributed by atoms with Gasteiger partial charge in [-0.3, -0.25) is 0 Å². The number of hydrogen-bond acceptors (Lipinski definition) is 3. The van der Waals surface area contributed by atoms with E-state index < -0.39 is 5.97 Å². The topological polar surface area (TPSA) is 64.3 Å². The highest BCUT2D eigenvalue weighted by molar-refractivity contribution is 6.00. The van der Waals surface area contributed by atoms with E-state index in [1.807, 2.05) is 44.3 Å². The minimum atomic E-state index is -0.906. The van der Waals surface area contributed by atoms with Crippen molar-refractivity contribution in [2.45, 2.75) is 33.1 Å². The SMILES string of the molecule is Cc1ccc2c(c1)N(C)c1c(c(C(=O)O)c(C)c(-c3ccccc3)c1CCC#N)C2. The number of aromatic carboxylic acids is 1. The third-order valence-corrected chi connectivity index (χ3v) is 5.99. The summed E-state index contributed by atoms with van der Waals surface area (Å²) in [4.78, 5) is 14.5. The van der Waals surface area contributed by atoms with Crippen molar-refractivity contribution in [3.05, 3.63) is 81.9 Å². The van der Waals surface area contributed by atoms with Gasteiger partial charge in [-0.2, -0.15) is 5.26 Å². The Morgan fingerprint density at radius 3 is 2.57 bits per heavy atom. The van der Waals surface area contributed by atoms with Gasteiger partial charge in [0.05, 0.1) is 11.6 Å². The van der Waals surface area contributed by atoms with E-state index in [9.17, 15) is 15.2 Å². The highest BCUT2D eigenvalue weighted by Gasteiger charge is 2.31. The van der Waals surface area contributed by atoms with Crippen LogP contribution in [0.1, 0.15) is 44.6 Å². The van der Waals surface area contributed by atoms with Crippen molar-refractivity contribution in [1.82, 2.24) is 0 Å². The number of benzene rings is 3. The largest absolute Gasteiger partial charge is 0.478 e. The van der Waals surface area contributed by atoms with Gasteiger partial charge in [0.15, 0.2) is 0 Å². The summed E-state index contributed by atoms with van der Waals surface area (Å²) in [6.07, 6.45) is 1.54. The number of rotatable bonds is 4. The Balaban J connectivity index is 2.10. The third kappa shape index (κ3) is 3.13. The summed E-state index contributed by atoms with van der Waals surface area (Å²) in [6, 6.07) is 18.5. The van der Waals surface area contributed by atoms with Gasteiger partial charge in [-0.1, -0.05) is 42.5 Å². The molecule has 0 saturated carbocycles. The number of hydrogen-bond donors (Lipinski definition) is 1. The lowest BCUT2D eigenvalue weighted by atomic mass is 9.80. The van der Waals surface area contributed by atoms with Crippen LogP contribution in [-0.4, -0.2) is 18.1 Å². The van der Waals surface area contributed by atoms with Crippen molar-refractivity contribution in [3.63, 3.8) is 0 Å². The van der Waals surface area contributed by atoms with E-state index in [2.05, 4.69) is 36.1 Å². The molecule has 1 aliphatic heterocycles.